The number of thiophene rings is 1. The largest absolute Gasteiger partial charge is 0.381 e. The minimum absolute atomic E-state index is 0.122. The van der Waals surface area contributed by atoms with Gasteiger partial charge in [-0.25, -0.2) is 4.68 Å². The summed E-state index contributed by atoms with van der Waals surface area (Å²) < 4.78 is 7.43. The van der Waals surface area contributed by atoms with E-state index in [4.69, 9.17) is 4.74 Å². The van der Waals surface area contributed by atoms with Crippen LogP contribution >= 0.6 is 11.3 Å². The summed E-state index contributed by atoms with van der Waals surface area (Å²) in [5.41, 5.74) is 1.97. The Morgan fingerprint density at radius 2 is 1.96 bits per heavy atom. The summed E-state index contributed by atoms with van der Waals surface area (Å²) in [4.78, 5) is 17.2. The molecule has 0 unspecified atom stereocenters. The number of nitrogens with zero attached hydrogens (tertiary/aromatic N) is 3. The molecule has 0 saturated carbocycles. The van der Waals surface area contributed by atoms with Crippen molar-refractivity contribution in [1.82, 2.24) is 14.7 Å². The molecule has 1 aliphatic rings. The lowest BCUT2D eigenvalue weighted by molar-refractivity contribution is 0.0209. The molecule has 1 saturated heterocycles. The standard InChI is InChI=1S/C21H25N3O2S/c1-14(2)23(16-9-11-26-12-10-16)20(25)19-13-18-15(3)22-24(21(18)27-19)17-7-5-4-6-8-17/h4-8,13-14,16H,9-12H2,1-3H3. The lowest BCUT2D eigenvalue weighted by Gasteiger charge is -2.37. The summed E-state index contributed by atoms with van der Waals surface area (Å²) in [6, 6.07) is 12.5. The Balaban J connectivity index is 1.72. The number of carbonyl (C=O) groups is 1. The second-order valence-electron chi connectivity index (χ2n) is 7.31. The van der Waals surface area contributed by atoms with Gasteiger partial charge < -0.3 is 9.64 Å². The van der Waals surface area contributed by atoms with Crippen molar-refractivity contribution in [3.63, 3.8) is 0 Å². The molecule has 0 atom stereocenters. The van der Waals surface area contributed by atoms with Crippen LogP contribution in [0.4, 0.5) is 0 Å². The SMILES string of the molecule is Cc1nn(-c2ccccc2)c2sc(C(=O)N(C(C)C)C3CCOCC3)cc12. The second kappa shape index (κ2) is 7.44. The molecule has 1 aliphatic heterocycles. The van der Waals surface area contributed by atoms with Gasteiger partial charge in [-0.3, -0.25) is 4.79 Å². The van der Waals surface area contributed by atoms with Gasteiger partial charge in [-0.1, -0.05) is 18.2 Å². The summed E-state index contributed by atoms with van der Waals surface area (Å²) in [5, 5.41) is 5.73. The van der Waals surface area contributed by atoms with Crippen molar-refractivity contribution >= 4 is 27.5 Å². The first-order valence-electron chi connectivity index (χ1n) is 9.51. The average Bonchev–Trinajstić information content (AvgIpc) is 3.24. The fourth-order valence-corrected chi connectivity index (χ4v) is 4.94. The maximum Gasteiger partial charge on any atom is 0.264 e. The van der Waals surface area contributed by atoms with E-state index in [-0.39, 0.29) is 18.0 Å². The molecule has 0 N–H and O–H groups in total. The number of carbonyl (C=O) groups excluding carboxylic acids is 1. The normalized spacial score (nSPS) is 15.6. The van der Waals surface area contributed by atoms with E-state index >= 15 is 0 Å². The lowest BCUT2D eigenvalue weighted by Crippen LogP contribution is -2.47. The van der Waals surface area contributed by atoms with Crippen LogP contribution in [0.3, 0.4) is 0 Å². The van der Waals surface area contributed by atoms with Crippen LogP contribution in [0.5, 0.6) is 0 Å². The number of fused-ring (bicyclic) bond motifs is 1. The zero-order chi connectivity index (χ0) is 19.0. The highest BCUT2D eigenvalue weighted by Gasteiger charge is 2.30. The number of hydrogen-bond donors (Lipinski definition) is 0. The first kappa shape index (κ1) is 18.2. The number of rotatable bonds is 4. The number of ether oxygens (including phenoxy) is 1. The fourth-order valence-electron chi connectivity index (χ4n) is 3.81. The third kappa shape index (κ3) is 3.39. The van der Waals surface area contributed by atoms with Crippen molar-refractivity contribution in [2.75, 3.05) is 13.2 Å². The highest BCUT2D eigenvalue weighted by atomic mass is 32.1. The third-order valence-electron chi connectivity index (χ3n) is 5.13. The first-order valence-corrected chi connectivity index (χ1v) is 10.3. The van der Waals surface area contributed by atoms with Crippen LogP contribution in [0.2, 0.25) is 0 Å². The van der Waals surface area contributed by atoms with E-state index in [9.17, 15) is 4.79 Å². The van der Waals surface area contributed by atoms with Crippen LogP contribution in [0.1, 0.15) is 42.1 Å². The smallest absolute Gasteiger partial charge is 0.264 e. The predicted molar refractivity (Wildman–Crippen MR) is 109 cm³/mol. The van der Waals surface area contributed by atoms with Crippen molar-refractivity contribution in [3.8, 4) is 5.69 Å². The summed E-state index contributed by atoms with van der Waals surface area (Å²) in [7, 11) is 0. The van der Waals surface area contributed by atoms with Crippen molar-refractivity contribution in [2.24, 2.45) is 0 Å². The zero-order valence-corrected chi connectivity index (χ0v) is 16.8. The van der Waals surface area contributed by atoms with Crippen LogP contribution in [-0.4, -0.2) is 45.9 Å². The van der Waals surface area contributed by atoms with E-state index in [1.54, 1.807) is 0 Å². The molecule has 4 rings (SSSR count). The van der Waals surface area contributed by atoms with E-state index in [1.165, 1.54) is 11.3 Å². The molecule has 5 nitrogen and oxygen atoms in total. The fraction of sp³-hybridized carbons (Fsp3) is 0.429. The molecule has 3 aromatic rings. The molecule has 2 aromatic heterocycles. The number of amides is 1. The summed E-state index contributed by atoms with van der Waals surface area (Å²) in [6.45, 7) is 7.65. The van der Waals surface area contributed by atoms with Gasteiger partial charge in [0, 0.05) is 30.7 Å². The van der Waals surface area contributed by atoms with Gasteiger partial charge in [0.1, 0.15) is 4.83 Å². The average molecular weight is 384 g/mol. The highest BCUT2D eigenvalue weighted by Crippen LogP contribution is 2.32. The molecule has 0 bridgehead atoms. The van der Waals surface area contributed by atoms with Crippen molar-refractivity contribution < 1.29 is 9.53 Å². The topological polar surface area (TPSA) is 47.4 Å². The Morgan fingerprint density at radius 1 is 1.26 bits per heavy atom. The summed E-state index contributed by atoms with van der Waals surface area (Å²) in [5.74, 6) is 0.122. The molecule has 142 valence electrons. The van der Waals surface area contributed by atoms with Gasteiger partial charge in [0.15, 0.2) is 0 Å². The number of aromatic nitrogens is 2. The second-order valence-corrected chi connectivity index (χ2v) is 8.34. The molecule has 1 aromatic carbocycles. The summed E-state index contributed by atoms with van der Waals surface area (Å²) >= 11 is 1.54. The van der Waals surface area contributed by atoms with E-state index < -0.39 is 0 Å². The van der Waals surface area contributed by atoms with E-state index in [0.29, 0.717) is 0 Å². The van der Waals surface area contributed by atoms with E-state index in [1.807, 2.05) is 52.9 Å². The molecule has 1 amide bonds. The van der Waals surface area contributed by atoms with Gasteiger partial charge >= 0.3 is 0 Å². The van der Waals surface area contributed by atoms with E-state index in [0.717, 1.165) is 52.5 Å². The van der Waals surface area contributed by atoms with Crippen molar-refractivity contribution in [2.45, 2.75) is 45.7 Å². The zero-order valence-electron chi connectivity index (χ0n) is 16.0. The molecule has 0 spiro atoms. The van der Waals surface area contributed by atoms with Crippen molar-refractivity contribution in [1.29, 1.82) is 0 Å². The van der Waals surface area contributed by atoms with Crippen LogP contribution in [0.15, 0.2) is 36.4 Å². The maximum atomic E-state index is 13.4. The third-order valence-corrected chi connectivity index (χ3v) is 6.23. The minimum atomic E-state index is 0.122. The number of hydrogen-bond acceptors (Lipinski definition) is 4. The Labute approximate surface area is 163 Å². The number of para-hydroxylation sites is 1. The first-order chi connectivity index (χ1) is 13.1. The molecule has 27 heavy (non-hydrogen) atoms. The Hall–Kier alpha value is -2.18. The Kier molecular flexibility index (Phi) is 5.02. The minimum Gasteiger partial charge on any atom is -0.381 e. The highest BCUT2D eigenvalue weighted by molar-refractivity contribution is 7.20. The summed E-state index contributed by atoms with van der Waals surface area (Å²) in [6.07, 6.45) is 1.82. The van der Waals surface area contributed by atoms with Gasteiger partial charge in [0.05, 0.1) is 16.3 Å². The van der Waals surface area contributed by atoms with Gasteiger partial charge in [-0.15, -0.1) is 11.3 Å². The maximum absolute atomic E-state index is 13.4. The quantitative estimate of drug-likeness (QED) is 0.670. The lowest BCUT2D eigenvalue weighted by atomic mass is 10.0. The monoisotopic (exact) mass is 383 g/mol. The van der Waals surface area contributed by atoms with Crippen LogP contribution < -0.4 is 0 Å². The predicted octanol–water partition coefficient (Wildman–Crippen LogP) is 4.43. The van der Waals surface area contributed by atoms with E-state index in [2.05, 4.69) is 18.9 Å². The molecule has 0 radical (unpaired) electrons. The molecular weight excluding hydrogens is 358 g/mol. The van der Waals surface area contributed by atoms with Gasteiger partial charge in [-0.2, -0.15) is 5.10 Å². The van der Waals surface area contributed by atoms with Crippen LogP contribution in [0, 0.1) is 6.92 Å². The van der Waals surface area contributed by atoms with Crippen LogP contribution in [0.25, 0.3) is 15.9 Å². The molecule has 3 heterocycles. The molecule has 6 heteroatoms. The van der Waals surface area contributed by atoms with Gasteiger partial charge in [-0.05, 0) is 51.8 Å². The molecule has 0 aliphatic carbocycles. The van der Waals surface area contributed by atoms with Crippen molar-refractivity contribution in [3.05, 3.63) is 47.0 Å². The number of benzene rings is 1. The molecule has 1 fully saturated rings. The Morgan fingerprint density at radius 3 is 2.63 bits per heavy atom. The number of aryl methyl sites for hydroxylation is 1. The molecular formula is C21H25N3O2S. The van der Waals surface area contributed by atoms with Gasteiger partial charge in [0.25, 0.3) is 5.91 Å². The van der Waals surface area contributed by atoms with Crippen LogP contribution in [-0.2, 0) is 4.74 Å². The van der Waals surface area contributed by atoms with Gasteiger partial charge in [0.2, 0.25) is 0 Å². The Bertz CT molecular complexity index is 939.